The molecular formula is C21H19ClN6O2. The van der Waals surface area contributed by atoms with Crippen LogP contribution in [0.1, 0.15) is 16.7 Å². The third-order valence-electron chi connectivity index (χ3n) is 4.72. The number of fused-ring (bicyclic) bond motifs is 1. The van der Waals surface area contributed by atoms with Gasteiger partial charge in [0.25, 0.3) is 5.56 Å². The zero-order valence-corrected chi connectivity index (χ0v) is 17.1. The first-order valence-corrected chi connectivity index (χ1v) is 9.60. The van der Waals surface area contributed by atoms with Crippen LogP contribution in [0.5, 0.6) is 0 Å². The van der Waals surface area contributed by atoms with E-state index in [9.17, 15) is 9.59 Å². The number of anilines is 1. The standard InChI is InChI=1S/C21H19ClN6O2/c1-13-3-5-15(6-4-13)12-28-17-18(27(2)21(30)25-19(17)29)24-20(28)26-23-11-14-7-9-16(22)10-8-14/h3-11H,12H2,1-2H3,(H,24,26)(H,25,29,30). The molecular weight excluding hydrogens is 404 g/mol. The molecule has 2 aromatic carbocycles. The molecule has 0 aliphatic heterocycles. The summed E-state index contributed by atoms with van der Waals surface area (Å²) in [6.07, 6.45) is 1.62. The molecule has 0 saturated carbocycles. The van der Waals surface area contributed by atoms with Crippen LogP contribution in [0, 0.1) is 6.92 Å². The maximum atomic E-state index is 12.5. The van der Waals surface area contributed by atoms with Crippen LogP contribution in [-0.4, -0.2) is 25.3 Å². The molecule has 30 heavy (non-hydrogen) atoms. The highest BCUT2D eigenvalue weighted by Crippen LogP contribution is 2.18. The number of hydrogen-bond acceptors (Lipinski definition) is 5. The van der Waals surface area contributed by atoms with Crippen LogP contribution in [-0.2, 0) is 13.6 Å². The lowest BCUT2D eigenvalue weighted by atomic mass is 10.1. The molecule has 4 rings (SSSR count). The van der Waals surface area contributed by atoms with Crippen molar-refractivity contribution in [1.29, 1.82) is 0 Å². The third-order valence-corrected chi connectivity index (χ3v) is 4.97. The van der Waals surface area contributed by atoms with E-state index in [0.717, 1.165) is 16.7 Å². The Morgan fingerprint density at radius 3 is 2.53 bits per heavy atom. The van der Waals surface area contributed by atoms with Crippen LogP contribution in [0.15, 0.2) is 63.2 Å². The third kappa shape index (κ3) is 3.90. The van der Waals surface area contributed by atoms with Crippen LogP contribution >= 0.6 is 11.6 Å². The number of hydrazone groups is 1. The summed E-state index contributed by atoms with van der Waals surface area (Å²) in [5.41, 5.74) is 5.41. The predicted octanol–water partition coefficient (Wildman–Crippen LogP) is 2.88. The van der Waals surface area contributed by atoms with Gasteiger partial charge in [-0.15, -0.1) is 0 Å². The largest absolute Gasteiger partial charge is 0.329 e. The first-order valence-electron chi connectivity index (χ1n) is 9.22. The van der Waals surface area contributed by atoms with Gasteiger partial charge in [0.2, 0.25) is 5.95 Å². The first-order chi connectivity index (χ1) is 14.4. The van der Waals surface area contributed by atoms with Gasteiger partial charge in [0.1, 0.15) is 0 Å². The minimum Gasteiger partial charge on any atom is -0.298 e. The number of hydrogen-bond donors (Lipinski definition) is 2. The molecule has 0 spiro atoms. The van der Waals surface area contributed by atoms with Gasteiger partial charge >= 0.3 is 5.69 Å². The number of nitrogens with one attached hydrogen (secondary N) is 2. The SMILES string of the molecule is Cc1ccc(Cn2c(NN=Cc3ccc(Cl)cc3)nc3c2c(=O)[nH]c(=O)n3C)cc1. The van der Waals surface area contributed by atoms with E-state index in [-0.39, 0.29) is 5.65 Å². The van der Waals surface area contributed by atoms with E-state index in [4.69, 9.17) is 11.6 Å². The number of rotatable bonds is 5. The summed E-state index contributed by atoms with van der Waals surface area (Å²) in [5.74, 6) is 0.350. The molecule has 0 atom stereocenters. The zero-order chi connectivity index (χ0) is 21.3. The van der Waals surface area contributed by atoms with Crippen molar-refractivity contribution < 1.29 is 0 Å². The van der Waals surface area contributed by atoms with Gasteiger partial charge in [0, 0.05) is 12.1 Å². The lowest BCUT2D eigenvalue weighted by molar-refractivity contribution is 0.808. The number of halogens is 1. The van der Waals surface area contributed by atoms with Crippen LogP contribution in [0.3, 0.4) is 0 Å². The zero-order valence-electron chi connectivity index (χ0n) is 16.4. The maximum Gasteiger partial charge on any atom is 0.329 e. The average molecular weight is 423 g/mol. The number of imidazole rings is 1. The molecule has 152 valence electrons. The highest BCUT2D eigenvalue weighted by atomic mass is 35.5. The van der Waals surface area contributed by atoms with Gasteiger partial charge in [-0.1, -0.05) is 53.6 Å². The number of aromatic nitrogens is 4. The maximum absolute atomic E-state index is 12.5. The smallest absolute Gasteiger partial charge is 0.298 e. The van der Waals surface area contributed by atoms with E-state index in [1.54, 1.807) is 30.0 Å². The molecule has 0 aliphatic rings. The molecule has 0 unspecified atom stereocenters. The van der Waals surface area contributed by atoms with Crippen molar-refractivity contribution in [2.45, 2.75) is 13.5 Å². The van der Waals surface area contributed by atoms with Crippen molar-refractivity contribution >= 4 is 34.9 Å². The lowest BCUT2D eigenvalue weighted by Gasteiger charge is -2.08. The summed E-state index contributed by atoms with van der Waals surface area (Å²) >= 11 is 5.90. The molecule has 0 aliphatic carbocycles. The van der Waals surface area contributed by atoms with Gasteiger partial charge in [-0.05, 0) is 30.2 Å². The molecule has 0 saturated heterocycles. The number of H-pyrrole nitrogens is 1. The number of aromatic amines is 1. The lowest BCUT2D eigenvalue weighted by Crippen LogP contribution is -2.29. The summed E-state index contributed by atoms with van der Waals surface area (Å²) in [4.78, 5) is 31.3. The van der Waals surface area contributed by atoms with E-state index < -0.39 is 11.2 Å². The van der Waals surface area contributed by atoms with Crippen molar-refractivity contribution in [3.8, 4) is 0 Å². The normalized spacial score (nSPS) is 11.4. The minimum absolute atomic E-state index is 0.278. The van der Waals surface area contributed by atoms with Crippen LogP contribution in [0.2, 0.25) is 5.02 Å². The summed E-state index contributed by atoms with van der Waals surface area (Å²) < 4.78 is 3.01. The molecule has 0 radical (unpaired) electrons. The Morgan fingerprint density at radius 2 is 1.83 bits per heavy atom. The number of benzene rings is 2. The monoisotopic (exact) mass is 422 g/mol. The Hall–Kier alpha value is -3.65. The van der Waals surface area contributed by atoms with Gasteiger partial charge < -0.3 is 0 Å². The molecule has 4 aromatic rings. The van der Waals surface area contributed by atoms with Crippen LogP contribution in [0.4, 0.5) is 5.95 Å². The van der Waals surface area contributed by atoms with Gasteiger partial charge in [-0.3, -0.25) is 18.9 Å². The van der Waals surface area contributed by atoms with E-state index in [1.165, 1.54) is 4.57 Å². The second kappa shape index (κ2) is 8.00. The first kappa shape index (κ1) is 19.7. The van der Waals surface area contributed by atoms with E-state index in [0.29, 0.717) is 23.0 Å². The van der Waals surface area contributed by atoms with Crippen molar-refractivity contribution in [3.63, 3.8) is 0 Å². The van der Waals surface area contributed by atoms with Crippen LogP contribution in [0.25, 0.3) is 11.2 Å². The van der Waals surface area contributed by atoms with Gasteiger partial charge in [0.15, 0.2) is 11.2 Å². The predicted molar refractivity (Wildman–Crippen MR) is 119 cm³/mol. The summed E-state index contributed by atoms with van der Waals surface area (Å²) in [6.45, 7) is 2.40. The fourth-order valence-electron chi connectivity index (χ4n) is 3.06. The fourth-order valence-corrected chi connectivity index (χ4v) is 3.19. The molecule has 9 heteroatoms. The summed E-state index contributed by atoms with van der Waals surface area (Å²) in [5, 5.41) is 4.87. The summed E-state index contributed by atoms with van der Waals surface area (Å²) in [7, 11) is 1.56. The molecule has 2 N–H and O–H groups in total. The Kier molecular flexibility index (Phi) is 5.24. The topological polar surface area (TPSA) is 97.1 Å². The molecule has 0 bridgehead atoms. The highest BCUT2D eigenvalue weighted by Gasteiger charge is 2.17. The van der Waals surface area contributed by atoms with Gasteiger partial charge in [-0.25, -0.2) is 10.2 Å². The molecule has 0 amide bonds. The Balaban J connectivity index is 1.77. The summed E-state index contributed by atoms with van der Waals surface area (Å²) in [6, 6.07) is 15.2. The number of aryl methyl sites for hydroxylation is 2. The van der Waals surface area contributed by atoms with Crippen molar-refractivity contribution in [2.24, 2.45) is 12.1 Å². The average Bonchev–Trinajstić information content (AvgIpc) is 3.08. The van der Waals surface area contributed by atoms with Gasteiger partial charge in [-0.2, -0.15) is 10.1 Å². The second-order valence-corrected chi connectivity index (χ2v) is 7.36. The quantitative estimate of drug-likeness (QED) is 0.381. The molecule has 2 heterocycles. The Morgan fingerprint density at radius 1 is 1.13 bits per heavy atom. The fraction of sp³-hybridized carbons (Fsp3) is 0.143. The molecule has 0 fully saturated rings. The van der Waals surface area contributed by atoms with E-state index in [2.05, 4.69) is 20.5 Å². The minimum atomic E-state index is -0.524. The van der Waals surface area contributed by atoms with Crippen molar-refractivity contribution in [1.82, 2.24) is 19.1 Å². The van der Waals surface area contributed by atoms with Gasteiger partial charge in [0.05, 0.1) is 12.8 Å². The van der Waals surface area contributed by atoms with Crippen molar-refractivity contribution in [2.75, 3.05) is 5.43 Å². The molecule has 2 aromatic heterocycles. The van der Waals surface area contributed by atoms with E-state index in [1.807, 2.05) is 43.3 Å². The Bertz CT molecular complexity index is 1350. The van der Waals surface area contributed by atoms with Crippen LogP contribution < -0.4 is 16.7 Å². The molecule has 8 nitrogen and oxygen atoms in total. The van der Waals surface area contributed by atoms with Crippen molar-refractivity contribution in [3.05, 3.63) is 91.1 Å². The Labute approximate surface area is 176 Å². The van der Waals surface area contributed by atoms with E-state index >= 15 is 0 Å². The second-order valence-electron chi connectivity index (χ2n) is 6.92. The highest BCUT2D eigenvalue weighted by molar-refractivity contribution is 6.30. The number of nitrogens with zero attached hydrogens (tertiary/aromatic N) is 4.